The zero-order valence-electron chi connectivity index (χ0n) is 16.0. The quantitative estimate of drug-likeness (QED) is 0.855. The Morgan fingerprint density at radius 2 is 1.74 bits per heavy atom. The van der Waals surface area contributed by atoms with E-state index in [1.54, 1.807) is 17.3 Å². The third-order valence-electron chi connectivity index (χ3n) is 5.32. The number of nitrogens with two attached hydrogens (primary N) is 1. The number of hydrogen-bond acceptors (Lipinski definition) is 3. The molecule has 27 heavy (non-hydrogen) atoms. The predicted octanol–water partition coefficient (Wildman–Crippen LogP) is 3.04. The van der Waals surface area contributed by atoms with Crippen LogP contribution in [0.5, 0.6) is 0 Å². The normalized spacial score (nSPS) is 19.4. The highest BCUT2D eigenvalue weighted by Gasteiger charge is 2.44. The lowest BCUT2D eigenvalue weighted by Gasteiger charge is -2.26. The van der Waals surface area contributed by atoms with Crippen LogP contribution in [-0.4, -0.2) is 34.8 Å². The fourth-order valence-corrected chi connectivity index (χ4v) is 3.75. The number of hydrogen-bond donors (Lipinski definition) is 1. The van der Waals surface area contributed by atoms with Crippen LogP contribution in [0.2, 0.25) is 0 Å². The average Bonchev–Trinajstić information content (AvgIpc) is 3.08. The number of pyridine rings is 1. The first-order valence-corrected chi connectivity index (χ1v) is 9.47. The third kappa shape index (κ3) is 4.35. The molecule has 5 heteroatoms. The van der Waals surface area contributed by atoms with Gasteiger partial charge >= 0.3 is 0 Å². The Morgan fingerprint density at radius 1 is 1.11 bits per heavy atom. The van der Waals surface area contributed by atoms with Gasteiger partial charge in [-0.2, -0.15) is 0 Å². The van der Waals surface area contributed by atoms with Gasteiger partial charge < -0.3 is 10.6 Å². The van der Waals surface area contributed by atoms with Gasteiger partial charge in [-0.3, -0.25) is 14.6 Å². The summed E-state index contributed by atoms with van der Waals surface area (Å²) in [7, 11) is 0. The number of nitrogens with zero attached hydrogens (tertiary/aromatic N) is 2. The maximum Gasteiger partial charge on any atom is 0.225 e. The van der Waals surface area contributed by atoms with Gasteiger partial charge in [-0.05, 0) is 47.6 Å². The van der Waals surface area contributed by atoms with Crippen LogP contribution in [0, 0.1) is 11.3 Å². The van der Waals surface area contributed by atoms with Gasteiger partial charge in [0.15, 0.2) is 0 Å². The van der Waals surface area contributed by atoms with E-state index in [4.69, 9.17) is 5.73 Å². The molecule has 1 unspecified atom stereocenters. The maximum atomic E-state index is 12.4. The predicted molar refractivity (Wildman–Crippen MR) is 106 cm³/mol. The van der Waals surface area contributed by atoms with Gasteiger partial charge in [0.25, 0.3) is 0 Å². The molecule has 1 aromatic heterocycles. The van der Waals surface area contributed by atoms with E-state index >= 15 is 0 Å². The fraction of sp³-hybridized carbons (Fsp3) is 0.409. The van der Waals surface area contributed by atoms with Gasteiger partial charge in [0.1, 0.15) is 0 Å². The molecule has 0 aliphatic carbocycles. The summed E-state index contributed by atoms with van der Waals surface area (Å²) in [6.07, 6.45) is 5.23. The Kier molecular flexibility index (Phi) is 5.59. The molecule has 2 heterocycles. The molecule has 2 aromatic rings. The van der Waals surface area contributed by atoms with E-state index in [0.717, 1.165) is 16.7 Å². The Balaban J connectivity index is 1.74. The van der Waals surface area contributed by atoms with E-state index in [0.29, 0.717) is 38.3 Å². The smallest absolute Gasteiger partial charge is 0.225 e. The lowest BCUT2D eigenvalue weighted by Crippen LogP contribution is -2.42. The summed E-state index contributed by atoms with van der Waals surface area (Å²) in [6.45, 7) is 5.07. The largest absolute Gasteiger partial charge is 0.369 e. The van der Waals surface area contributed by atoms with Crippen molar-refractivity contribution in [3.05, 3.63) is 54.4 Å². The number of benzene rings is 1. The molecule has 2 N–H and O–H groups in total. The van der Waals surface area contributed by atoms with Crippen LogP contribution in [0.1, 0.15) is 32.3 Å². The fourth-order valence-electron chi connectivity index (χ4n) is 3.75. The molecule has 1 fully saturated rings. The van der Waals surface area contributed by atoms with Crippen LogP contribution in [0.15, 0.2) is 48.8 Å². The van der Waals surface area contributed by atoms with Crippen molar-refractivity contribution < 1.29 is 9.59 Å². The molecule has 1 aliphatic heterocycles. The van der Waals surface area contributed by atoms with Crippen LogP contribution < -0.4 is 5.73 Å². The van der Waals surface area contributed by atoms with Crippen LogP contribution in [0.3, 0.4) is 0 Å². The van der Waals surface area contributed by atoms with E-state index in [-0.39, 0.29) is 11.8 Å². The minimum Gasteiger partial charge on any atom is -0.369 e. The number of rotatable bonds is 6. The standard InChI is InChI=1S/C22H27N3O2/c1-16(2)13-20(26)25-12-9-22(15-25,21(23)27)14-17-3-5-18(6-4-17)19-7-10-24-11-8-19/h3-8,10-11,16H,9,12-15H2,1-2H3,(H2,23,27). The van der Waals surface area contributed by atoms with E-state index in [1.165, 1.54) is 0 Å². The number of likely N-dealkylation sites (tertiary alicyclic amines) is 1. The van der Waals surface area contributed by atoms with Crippen molar-refractivity contribution in [2.45, 2.75) is 33.1 Å². The van der Waals surface area contributed by atoms with Gasteiger partial charge in [-0.25, -0.2) is 0 Å². The highest BCUT2D eigenvalue weighted by atomic mass is 16.2. The van der Waals surface area contributed by atoms with Crippen molar-refractivity contribution in [1.29, 1.82) is 0 Å². The molecule has 3 rings (SSSR count). The number of aromatic nitrogens is 1. The summed E-state index contributed by atoms with van der Waals surface area (Å²) in [5, 5.41) is 0. The Labute approximate surface area is 160 Å². The SMILES string of the molecule is CC(C)CC(=O)N1CCC(Cc2ccc(-c3ccncc3)cc2)(C(N)=O)C1. The Bertz CT molecular complexity index is 802. The minimum absolute atomic E-state index is 0.112. The van der Waals surface area contributed by atoms with Gasteiger partial charge in [0, 0.05) is 31.9 Å². The molecule has 1 aromatic carbocycles. The average molecular weight is 365 g/mol. The lowest BCUT2D eigenvalue weighted by molar-refractivity contribution is -0.132. The van der Waals surface area contributed by atoms with E-state index in [2.05, 4.69) is 17.1 Å². The molecule has 1 atom stereocenters. The topological polar surface area (TPSA) is 76.3 Å². The number of carbonyl (C=O) groups excluding carboxylic acids is 2. The molecule has 0 bridgehead atoms. The van der Waals surface area contributed by atoms with Crippen LogP contribution in [0.25, 0.3) is 11.1 Å². The monoisotopic (exact) mass is 365 g/mol. The van der Waals surface area contributed by atoms with E-state index in [1.807, 2.05) is 38.1 Å². The molecule has 0 saturated carbocycles. The summed E-state index contributed by atoms with van der Waals surface area (Å²) < 4.78 is 0. The third-order valence-corrected chi connectivity index (χ3v) is 5.32. The maximum absolute atomic E-state index is 12.4. The molecule has 2 amide bonds. The molecular weight excluding hydrogens is 338 g/mol. The summed E-state index contributed by atoms with van der Waals surface area (Å²) in [4.78, 5) is 30.5. The highest BCUT2D eigenvalue weighted by Crippen LogP contribution is 2.35. The molecule has 1 saturated heterocycles. The van der Waals surface area contributed by atoms with Gasteiger partial charge in [-0.15, -0.1) is 0 Å². The summed E-state index contributed by atoms with van der Waals surface area (Å²) in [5.74, 6) is 0.100. The minimum atomic E-state index is -0.676. The number of primary amides is 1. The number of amides is 2. The van der Waals surface area contributed by atoms with Crippen LogP contribution in [-0.2, 0) is 16.0 Å². The second-order valence-corrected chi connectivity index (χ2v) is 7.92. The first kappa shape index (κ1) is 19.1. The van der Waals surface area contributed by atoms with Crippen molar-refractivity contribution >= 4 is 11.8 Å². The molecule has 1 aliphatic rings. The van der Waals surface area contributed by atoms with Crippen molar-refractivity contribution in [3.63, 3.8) is 0 Å². The van der Waals surface area contributed by atoms with E-state index in [9.17, 15) is 9.59 Å². The lowest BCUT2D eigenvalue weighted by atomic mass is 9.80. The molecular formula is C22H27N3O2. The summed E-state index contributed by atoms with van der Waals surface area (Å²) in [5.41, 5.74) is 8.38. The number of carbonyl (C=O) groups is 2. The van der Waals surface area contributed by atoms with Crippen molar-refractivity contribution in [3.8, 4) is 11.1 Å². The Morgan fingerprint density at radius 3 is 2.33 bits per heavy atom. The van der Waals surface area contributed by atoms with Crippen LogP contribution in [0.4, 0.5) is 0 Å². The molecule has 5 nitrogen and oxygen atoms in total. The van der Waals surface area contributed by atoms with Crippen molar-refractivity contribution in [1.82, 2.24) is 9.88 Å². The second-order valence-electron chi connectivity index (χ2n) is 7.92. The summed E-state index contributed by atoms with van der Waals surface area (Å²) in [6, 6.07) is 12.1. The molecule has 0 radical (unpaired) electrons. The first-order valence-electron chi connectivity index (χ1n) is 9.47. The summed E-state index contributed by atoms with van der Waals surface area (Å²) >= 11 is 0. The molecule has 142 valence electrons. The second kappa shape index (κ2) is 7.91. The Hall–Kier alpha value is -2.69. The first-order chi connectivity index (χ1) is 12.9. The zero-order chi connectivity index (χ0) is 19.4. The van der Waals surface area contributed by atoms with E-state index < -0.39 is 5.41 Å². The molecule has 0 spiro atoms. The van der Waals surface area contributed by atoms with Gasteiger partial charge in [-0.1, -0.05) is 38.1 Å². The van der Waals surface area contributed by atoms with Crippen molar-refractivity contribution in [2.75, 3.05) is 13.1 Å². The van der Waals surface area contributed by atoms with Gasteiger partial charge in [0.05, 0.1) is 5.41 Å². The van der Waals surface area contributed by atoms with Gasteiger partial charge in [0.2, 0.25) is 11.8 Å². The van der Waals surface area contributed by atoms with Crippen molar-refractivity contribution in [2.24, 2.45) is 17.1 Å². The highest BCUT2D eigenvalue weighted by molar-refractivity contribution is 5.84. The van der Waals surface area contributed by atoms with Crippen LogP contribution >= 0.6 is 0 Å². The zero-order valence-corrected chi connectivity index (χ0v) is 16.0.